The number of amides is 1. The Morgan fingerprint density at radius 1 is 1.33 bits per heavy atom. The lowest BCUT2D eigenvalue weighted by molar-refractivity contribution is 0.102. The van der Waals surface area contributed by atoms with Crippen LogP contribution < -0.4 is 11.1 Å². The fourth-order valence-electron chi connectivity index (χ4n) is 1.38. The lowest BCUT2D eigenvalue weighted by Gasteiger charge is -2.07. The van der Waals surface area contributed by atoms with Crippen LogP contribution in [0.3, 0.4) is 0 Å². The van der Waals surface area contributed by atoms with Gasteiger partial charge in [-0.2, -0.15) is 0 Å². The van der Waals surface area contributed by atoms with E-state index in [2.05, 4.69) is 10.3 Å². The molecule has 0 aliphatic rings. The van der Waals surface area contributed by atoms with Crippen LogP contribution in [0.5, 0.6) is 0 Å². The Labute approximate surface area is 108 Å². The number of nitrogens with zero attached hydrogens (tertiary/aromatic N) is 1. The van der Waals surface area contributed by atoms with Gasteiger partial charge in [0.05, 0.1) is 10.7 Å². The Morgan fingerprint density at radius 3 is 2.83 bits per heavy atom. The lowest BCUT2D eigenvalue weighted by atomic mass is 10.2. The molecular formula is C12H9ClFN3O. The third-order valence-electron chi connectivity index (χ3n) is 2.22. The van der Waals surface area contributed by atoms with Gasteiger partial charge in [0.2, 0.25) is 0 Å². The number of nitrogen functional groups attached to an aromatic ring is 1. The molecule has 1 amide bonds. The van der Waals surface area contributed by atoms with Crippen molar-refractivity contribution in [3.05, 3.63) is 52.9 Å². The monoisotopic (exact) mass is 265 g/mol. The van der Waals surface area contributed by atoms with Crippen molar-refractivity contribution in [3.8, 4) is 0 Å². The molecule has 4 nitrogen and oxygen atoms in total. The van der Waals surface area contributed by atoms with Crippen LogP contribution in [0.15, 0.2) is 36.5 Å². The van der Waals surface area contributed by atoms with Crippen LogP contribution in [0.2, 0.25) is 5.02 Å². The normalized spacial score (nSPS) is 10.1. The molecule has 0 bridgehead atoms. The Morgan fingerprint density at radius 2 is 2.11 bits per heavy atom. The summed E-state index contributed by atoms with van der Waals surface area (Å²) in [7, 11) is 0. The summed E-state index contributed by atoms with van der Waals surface area (Å²) < 4.78 is 13.0. The van der Waals surface area contributed by atoms with Crippen molar-refractivity contribution in [1.29, 1.82) is 0 Å². The number of aromatic nitrogens is 1. The molecule has 2 rings (SSSR count). The number of hydrogen-bond acceptors (Lipinski definition) is 3. The van der Waals surface area contributed by atoms with Crippen molar-refractivity contribution in [2.24, 2.45) is 0 Å². The third-order valence-corrected chi connectivity index (χ3v) is 2.55. The summed E-state index contributed by atoms with van der Waals surface area (Å²) in [5.74, 6) is -0.687. The summed E-state index contributed by atoms with van der Waals surface area (Å²) in [4.78, 5) is 15.6. The number of pyridine rings is 1. The van der Waals surface area contributed by atoms with Gasteiger partial charge in [-0.25, -0.2) is 9.37 Å². The fourth-order valence-corrected chi connectivity index (χ4v) is 1.54. The van der Waals surface area contributed by atoms with Crippen LogP contribution in [-0.4, -0.2) is 10.9 Å². The van der Waals surface area contributed by atoms with E-state index in [1.54, 1.807) is 0 Å². The molecule has 3 N–H and O–H groups in total. The number of carbonyl (C=O) groups is 1. The van der Waals surface area contributed by atoms with Crippen molar-refractivity contribution >= 4 is 29.0 Å². The minimum absolute atomic E-state index is 0.206. The van der Waals surface area contributed by atoms with E-state index >= 15 is 0 Å². The maximum atomic E-state index is 13.0. The molecule has 0 spiro atoms. The van der Waals surface area contributed by atoms with E-state index < -0.39 is 11.7 Å². The molecule has 2 aromatic rings. The van der Waals surface area contributed by atoms with Gasteiger partial charge in [0.1, 0.15) is 11.6 Å². The smallest absolute Gasteiger partial charge is 0.255 e. The summed E-state index contributed by atoms with van der Waals surface area (Å²) in [6.07, 6.45) is 1.41. The standard InChI is InChI=1S/C12H9ClFN3O/c13-9-2-1-8(14)6-10(9)17-12(18)7-3-4-16-11(15)5-7/h1-6H,(H2,15,16)(H,17,18). The number of hydrogen-bond donors (Lipinski definition) is 2. The molecule has 0 fully saturated rings. The maximum Gasteiger partial charge on any atom is 0.255 e. The molecule has 6 heteroatoms. The van der Waals surface area contributed by atoms with E-state index in [1.165, 1.54) is 30.5 Å². The molecule has 0 radical (unpaired) electrons. The Bertz CT molecular complexity index is 604. The fraction of sp³-hybridized carbons (Fsp3) is 0. The number of nitrogens with two attached hydrogens (primary N) is 1. The van der Waals surface area contributed by atoms with E-state index in [0.29, 0.717) is 5.56 Å². The molecule has 0 unspecified atom stereocenters. The summed E-state index contributed by atoms with van der Waals surface area (Å²) in [6, 6.07) is 6.64. The molecule has 0 atom stereocenters. The van der Waals surface area contributed by atoms with Crippen LogP contribution in [0.1, 0.15) is 10.4 Å². The molecule has 0 saturated heterocycles. The van der Waals surface area contributed by atoms with Gasteiger partial charge >= 0.3 is 0 Å². The second-order valence-corrected chi connectivity index (χ2v) is 3.95. The molecule has 0 saturated carbocycles. The first-order valence-corrected chi connectivity index (χ1v) is 5.42. The summed E-state index contributed by atoms with van der Waals surface area (Å²) in [5, 5.41) is 2.76. The van der Waals surface area contributed by atoms with Gasteiger partial charge in [-0.3, -0.25) is 4.79 Å². The number of halogens is 2. The van der Waals surface area contributed by atoms with E-state index in [1.807, 2.05) is 0 Å². The molecule has 1 aromatic carbocycles. The number of nitrogens with one attached hydrogen (secondary N) is 1. The Hall–Kier alpha value is -2.14. The molecule has 18 heavy (non-hydrogen) atoms. The predicted octanol–water partition coefficient (Wildman–Crippen LogP) is 2.71. The highest BCUT2D eigenvalue weighted by Crippen LogP contribution is 2.23. The van der Waals surface area contributed by atoms with Gasteiger partial charge < -0.3 is 11.1 Å². The summed E-state index contributed by atoms with van der Waals surface area (Å²) in [6.45, 7) is 0. The van der Waals surface area contributed by atoms with Gasteiger partial charge in [-0.05, 0) is 30.3 Å². The summed E-state index contributed by atoms with van der Waals surface area (Å²) >= 11 is 5.84. The lowest BCUT2D eigenvalue weighted by Crippen LogP contribution is -2.13. The number of anilines is 2. The molecule has 92 valence electrons. The highest BCUT2D eigenvalue weighted by atomic mass is 35.5. The average Bonchev–Trinajstić information content (AvgIpc) is 2.34. The van der Waals surface area contributed by atoms with Gasteiger partial charge in [-0.15, -0.1) is 0 Å². The first kappa shape index (κ1) is 12.3. The molecular weight excluding hydrogens is 257 g/mol. The second-order valence-electron chi connectivity index (χ2n) is 3.55. The van der Waals surface area contributed by atoms with E-state index in [4.69, 9.17) is 17.3 Å². The first-order valence-electron chi connectivity index (χ1n) is 5.04. The van der Waals surface area contributed by atoms with Crippen molar-refractivity contribution in [2.45, 2.75) is 0 Å². The summed E-state index contributed by atoms with van der Waals surface area (Å²) in [5.41, 5.74) is 5.99. The van der Waals surface area contributed by atoms with Crippen molar-refractivity contribution < 1.29 is 9.18 Å². The minimum Gasteiger partial charge on any atom is -0.384 e. The minimum atomic E-state index is -0.482. The zero-order valence-corrected chi connectivity index (χ0v) is 9.91. The van der Waals surface area contributed by atoms with Crippen molar-refractivity contribution in [3.63, 3.8) is 0 Å². The van der Waals surface area contributed by atoms with Crippen LogP contribution in [0.25, 0.3) is 0 Å². The van der Waals surface area contributed by atoms with Gasteiger partial charge in [0, 0.05) is 11.8 Å². The van der Waals surface area contributed by atoms with Gasteiger partial charge in [0.15, 0.2) is 0 Å². The molecule has 0 aliphatic carbocycles. The number of benzene rings is 1. The Kier molecular flexibility index (Phi) is 3.43. The van der Waals surface area contributed by atoms with Crippen LogP contribution in [0.4, 0.5) is 15.9 Å². The SMILES string of the molecule is Nc1cc(C(=O)Nc2cc(F)ccc2Cl)ccn1. The maximum absolute atomic E-state index is 13.0. The second kappa shape index (κ2) is 5.01. The number of carbonyl (C=O) groups excluding carboxylic acids is 1. The van der Waals surface area contributed by atoms with Crippen LogP contribution >= 0.6 is 11.6 Å². The molecule has 1 aromatic heterocycles. The van der Waals surface area contributed by atoms with Crippen molar-refractivity contribution in [2.75, 3.05) is 11.1 Å². The largest absolute Gasteiger partial charge is 0.384 e. The third kappa shape index (κ3) is 2.75. The average molecular weight is 266 g/mol. The molecule has 1 heterocycles. The van der Waals surface area contributed by atoms with Gasteiger partial charge in [-0.1, -0.05) is 11.6 Å². The van der Waals surface area contributed by atoms with Crippen molar-refractivity contribution in [1.82, 2.24) is 4.98 Å². The highest BCUT2D eigenvalue weighted by molar-refractivity contribution is 6.33. The van der Waals surface area contributed by atoms with Gasteiger partial charge in [0.25, 0.3) is 5.91 Å². The van der Waals surface area contributed by atoms with E-state index in [0.717, 1.165) is 6.07 Å². The highest BCUT2D eigenvalue weighted by Gasteiger charge is 2.09. The van der Waals surface area contributed by atoms with Crippen LogP contribution in [0, 0.1) is 5.82 Å². The molecule has 0 aliphatic heterocycles. The van der Waals surface area contributed by atoms with Crippen LogP contribution in [-0.2, 0) is 0 Å². The quantitative estimate of drug-likeness (QED) is 0.877. The topological polar surface area (TPSA) is 68.0 Å². The Balaban J connectivity index is 2.24. The van der Waals surface area contributed by atoms with E-state index in [-0.39, 0.29) is 16.5 Å². The number of rotatable bonds is 2. The zero-order valence-electron chi connectivity index (χ0n) is 9.15. The first-order chi connectivity index (χ1) is 8.56. The predicted molar refractivity (Wildman–Crippen MR) is 68.0 cm³/mol. The van der Waals surface area contributed by atoms with E-state index in [9.17, 15) is 9.18 Å². The zero-order chi connectivity index (χ0) is 13.1.